The summed E-state index contributed by atoms with van der Waals surface area (Å²) in [5.74, 6) is 0.385. The van der Waals surface area contributed by atoms with E-state index in [2.05, 4.69) is 0 Å². The summed E-state index contributed by atoms with van der Waals surface area (Å²) in [7, 11) is 1.62. The molecular formula is C20H23F3N2O2. The molecule has 1 atom stereocenters. The smallest absolute Gasteiger partial charge is 0.401 e. The summed E-state index contributed by atoms with van der Waals surface area (Å²) in [6.07, 6.45) is -4.20. The van der Waals surface area contributed by atoms with Gasteiger partial charge < -0.3 is 9.64 Å². The molecule has 0 unspecified atom stereocenters. The molecule has 27 heavy (non-hydrogen) atoms. The highest BCUT2D eigenvalue weighted by molar-refractivity contribution is 5.88. The SMILES string of the molecule is COc1ccc2cc([C@H](C)C(=O)N3CCN(CC(F)(F)F)CC3)ccc2c1. The van der Waals surface area contributed by atoms with Gasteiger partial charge in [0.05, 0.1) is 19.6 Å². The lowest BCUT2D eigenvalue weighted by Gasteiger charge is -2.36. The number of carbonyl (C=O) groups is 1. The molecule has 1 aliphatic rings. The van der Waals surface area contributed by atoms with E-state index in [1.54, 1.807) is 12.0 Å². The van der Waals surface area contributed by atoms with Crippen molar-refractivity contribution < 1.29 is 22.7 Å². The second kappa shape index (κ2) is 7.76. The molecule has 1 heterocycles. The fourth-order valence-corrected chi connectivity index (χ4v) is 3.43. The summed E-state index contributed by atoms with van der Waals surface area (Å²) in [5, 5.41) is 2.04. The van der Waals surface area contributed by atoms with Crippen molar-refractivity contribution in [1.82, 2.24) is 9.80 Å². The normalized spacial score (nSPS) is 17.1. The fourth-order valence-electron chi connectivity index (χ4n) is 3.43. The number of alkyl halides is 3. The summed E-state index contributed by atoms with van der Waals surface area (Å²) in [5.41, 5.74) is 0.899. The van der Waals surface area contributed by atoms with Gasteiger partial charge in [0, 0.05) is 26.2 Å². The Morgan fingerprint density at radius 3 is 2.33 bits per heavy atom. The van der Waals surface area contributed by atoms with E-state index in [1.165, 1.54) is 4.90 Å². The monoisotopic (exact) mass is 380 g/mol. The van der Waals surface area contributed by atoms with Crippen LogP contribution in [0.15, 0.2) is 36.4 Å². The second-order valence-electron chi connectivity index (χ2n) is 6.91. The fraction of sp³-hybridized carbons (Fsp3) is 0.450. The first kappa shape index (κ1) is 19.5. The third-order valence-corrected chi connectivity index (χ3v) is 5.03. The Labute approximate surface area is 156 Å². The predicted octanol–water partition coefficient (Wildman–Crippen LogP) is 3.66. The maximum Gasteiger partial charge on any atom is 0.401 e. The van der Waals surface area contributed by atoms with Crippen LogP contribution in [0.5, 0.6) is 5.75 Å². The molecule has 0 aromatic heterocycles. The van der Waals surface area contributed by atoms with E-state index in [1.807, 2.05) is 43.3 Å². The van der Waals surface area contributed by atoms with E-state index >= 15 is 0 Å². The molecule has 0 bridgehead atoms. The van der Waals surface area contributed by atoms with Crippen molar-refractivity contribution in [2.45, 2.75) is 19.0 Å². The Morgan fingerprint density at radius 2 is 1.70 bits per heavy atom. The maximum absolute atomic E-state index is 12.8. The molecule has 0 saturated carbocycles. The third-order valence-electron chi connectivity index (χ3n) is 5.03. The number of benzene rings is 2. The zero-order valence-corrected chi connectivity index (χ0v) is 15.4. The molecule has 1 saturated heterocycles. The largest absolute Gasteiger partial charge is 0.497 e. The number of piperazine rings is 1. The maximum atomic E-state index is 12.8. The van der Waals surface area contributed by atoms with E-state index in [-0.39, 0.29) is 24.9 Å². The quantitative estimate of drug-likeness (QED) is 0.812. The number of ether oxygens (including phenoxy) is 1. The van der Waals surface area contributed by atoms with Crippen LogP contribution in [0.25, 0.3) is 10.8 Å². The summed E-state index contributed by atoms with van der Waals surface area (Å²) in [4.78, 5) is 15.8. The lowest BCUT2D eigenvalue weighted by molar-refractivity contribution is -0.152. The minimum atomic E-state index is -4.20. The van der Waals surface area contributed by atoms with Gasteiger partial charge in [-0.3, -0.25) is 9.69 Å². The Kier molecular flexibility index (Phi) is 5.60. The van der Waals surface area contributed by atoms with Gasteiger partial charge in [-0.1, -0.05) is 24.3 Å². The van der Waals surface area contributed by atoms with Crippen LogP contribution < -0.4 is 4.74 Å². The van der Waals surface area contributed by atoms with E-state index in [4.69, 9.17) is 4.74 Å². The van der Waals surface area contributed by atoms with Crippen LogP contribution in [0.4, 0.5) is 13.2 Å². The van der Waals surface area contributed by atoms with Crippen molar-refractivity contribution in [2.24, 2.45) is 0 Å². The summed E-state index contributed by atoms with van der Waals surface area (Å²) in [6, 6.07) is 11.6. The molecule has 0 aliphatic carbocycles. The highest BCUT2D eigenvalue weighted by Crippen LogP contribution is 2.26. The number of methoxy groups -OCH3 is 1. The lowest BCUT2D eigenvalue weighted by atomic mass is 9.96. The molecule has 0 N–H and O–H groups in total. The predicted molar refractivity (Wildman–Crippen MR) is 98.0 cm³/mol. The Morgan fingerprint density at radius 1 is 1.07 bits per heavy atom. The highest BCUT2D eigenvalue weighted by Gasteiger charge is 2.33. The highest BCUT2D eigenvalue weighted by atomic mass is 19.4. The number of amides is 1. The van der Waals surface area contributed by atoms with Gasteiger partial charge in [0.15, 0.2) is 0 Å². The van der Waals surface area contributed by atoms with Gasteiger partial charge in [-0.05, 0) is 35.4 Å². The summed E-state index contributed by atoms with van der Waals surface area (Å²) >= 11 is 0. The van der Waals surface area contributed by atoms with Crippen molar-refractivity contribution in [3.8, 4) is 5.75 Å². The molecule has 2 aromatic rings. The topological polar surface area (TPSA) is 32.8 Å². The zero-order valence-electron chi connectivity index (χ0n) is 15.4. The summed E-state index contributed by atoms with van der Waals surface area (Å²) in [6.45, 7) is 2.06. The molecule has 0 radical (unpaired) electrons. The molecule has 1 aliphatic heterocycles. The first-order chi connectivity index (χ1) is 12.8. The van der Waals surface area contributed by atoms with Crippen molar-refractivity contribution >= 4 is 16.7 Å². The third kappa shape index (κ3) is 4.71. The van der Waals surface area contributed by atoms with Crippen molar-refractivity contribution in [3.05, 3.63) is 42.0 Å². The molecule has 1 fully saturated rings. The van der Waals surface area contributed by atoms with Crippen LogP contribution in [-0.4, -0.2) is 61.7 Å². The summed E-state index contributed by atoms with van der Waals surface area (Å²) < 4.78 is 42.7. The first-order valence-electron chi connectivity index (χ1n) is 8.92. The number of rotatable bonds is 4. The van der Waals surface area contributed by atoms with Crippen LogP contribution in [0.2, 0.25) is 0 Å². The lowest BCUT2D eigenvalue weighted by Crippen LogP contribution is -2.51. The van der Waals surface area contributed by atoms with Gasteiger partial charge in [-0.15, -0.1) is 0 Å². The molecule has 3 rings (SSSR count). The molecular weight excluding hydrogens is 357 g/mol. The molecule has 146 valence electrons. The number of carbonyl (C=O) groups excluding carboxylic acids is 1. The Balaban J connectivity index is 1.66. The van der Waals surface area contributed by atoms with Gasteiger partial charge in [-0.25, -0.2) is 0 Å². The number of hydrogen-bond acceptors (Lipinski definition) is 3. The molecule has 7 heteroatoms. The van der Waals surface area contributed by atoms with E-state index in [0.717, 1.165) is 22.1 Å². The average molecular weight is 380 g/mol. The number of halogens is 3. The van der Waals surface area contributed by atoms with Crippen LogP contribution in [0, 0.1) is 0 Å². The van der Waals surface area contributed by atoms with E-state index < -0.39 is 12.7 Å². The van der Waals surface area contributed by atoms with Crippen molar-refractivity contribution in [3.63, 3.8) is 0 Å². The van der Waals surface area contributed by atoms with Gasteiger partial charge in [-0.2, -0.15) is 13.2 Å². The average Bonchev–Trinajstić information content (AvgIpc) is 2.65. The molecule has 0 spiro atoms. The zero-order chi connectivity index (χ0) is 19.6. The van der Waals surface area contributed by atoms with Gasteiger partial charge in [0.25, 0.3) is 0 Å². The van der Waals surface area contributed by atoms with E-state index in [0.29, 0.717) is 13.1 Å². The second-order valence-corrected chi connectivity index (χ2v) is 6.91. The number of nitrogens with zero attached hydrogens (tertiary/aromatic N) is 2. The minimum absolute atomic E-state index is 0.0467. The van der Waals surface area contributed by atoms with E-state index in [9.17, 15) is 18.0 Å². The Bertz CT molecular complexity index is 814. The van der Waals surface area contributed by atoms with Crippen molar-refractivity contribution in [1.29, 1.82) is 0 Å². The molecule has 2 aromatic carbocycles. The van der Waals surface area contributed by atoms with Crippen LogP contribution in [0.1, 0.15) is 18.4 Å². The van der Waals surface area contributed by atoms with Crippen LogP contribution in [0.3, 0.4) is 0 Å². The van der Waals surface area contributed by atoms with Gasteiger partial charge >= 0.3 is 6.18 Å². The standard InChI is InChI=1S/C20H23F3N2O2/c1-14(15-3-4-17-12-18(27-2)6-5-16(17)11-15)19(26)25-9-7-24(8-10-25)13-20(21,22)23/h3-6,11-12,14H,7-10,13H2,1-2H3/t14-/m0/s1. The molecule has 4 nitrogen and oxygen atoms in total. The van der Waals surface area contributed by atoms with Crippen LogP contribution >= 0.6 is 0 Å². The van der Waals surface area contributed by atoms with Gasteiger partial charge in [0.2, 0.25) is 5.91 Å². The molecule has 1 amide bonds. The Hall–Kier alpha value is -2.28. The van der Waals surface area contributed by atoms with Gasteiger partial charge in [0.1, 0.15) is 5.75 Å². The minimum Gasteiger partial charge on any atom is -0.497 e. The number of hydrogen-bond donors (Lipinski definition) is 0. The first-order valence-corrected chi connectivity index (χ1v) is 8.92. The van der Waals surface area contributed by atoms with Crippen molar-refractivity contribution in [2.75, 3.05) is 39.8 Å². The van der Waals surface area contributed by atoms with Crippen LogP contribution in [-0.2, 0) is 4.79 Å². The number of fused-ring (bicyclic) bond motifs is 1.